The molecule has 6 aromatic rings. The van der Waals surface area contributed by atoms with Gasteiger partial charge >= 0.3 is 202 Å². The molecular formula is C31H28GeN2O. The second-order valence-electron chi connectivity index (χ2n) is 10.4. The predicted octanol–water partition coefficient (Wildman–Crippen LogP) is 8.03. The number of para-hydroxylation sites is 1. The van der Waals surface area contributed by atoms with Crippen LogP contribution in [0.2, 0.25) is 17.3 Å². The summed E-state index contributed by atoms with van der Waals surface area (Å²) in [6.45, 7) is 4.04. The van der Waals surface area contributed by atoms with Gasteiger partial charge in [-0.1, -0.05) is 0 Å². The number of benzene rings is 3. The molecule has 3 aromatic heterocycles. The van der Waals surface area contributed by atoms with Crippen molar-refractivity contribution in [2.45, 2.75) is 31.1 Å². The first-order chi connectivity index (χ1) is 16.8. The van der Waals surface area contributed by atoms with Gasteiger partial charge < -0.3 is 0 Å². The molecule has 0 radical (unpaired) electrons. The fraction of sp³-hybridized carbons (Fsp3) is 0.161. The zero-order chi connectivity index (χ0) is 24.3. The molecule has 172 valence electrons. The summed E-state index contributed by atoms with van der Waals surface area (Å²) in [4.78, 5) is 9.78. The molecule has 3 aromatic carbocycles. The van der Waals surface area contributed by atoms with Crippen LogP contribution >= 0.6 is 0 Å². The van der Waals surface area contributed by atoms with Crippen LogP contribution in [0.25, 0.3) is 55.2 Å². The first kappa shape index (κ1) is 22.1. The molecule has 0 aliphatic rings. The Kier molecular flexibility index (Phi) is 5.08. The van der Waals surface area contributed by atoms with Crippen LogP contribution in [0.1, 0.15) is 11.4 Å². The van der Waals surface area contributed by atoms with Crippen LogP contribution < -0.4 is 4.40 Å². The van der Waals surface area contributed by atoms with Gasteiger partial charge in [0.05, 0.1) is 0 Å². The maximum atomic E-state index is 6.45. The van der Waals surface area contributed by atoms with Crippen molar-refractivity contribution in [3.05, 3.63) is 90.3 Å². The van der Waals surface area contributed by atoms with Crippen molar-refractivity contribution in [1.82, 2.24) is 9.97 Å². The number of furan rings is 1. The van der Waals surface area contributed by atoms with Gasteiger partial charge in [-0.3, -0.25) is 0 Å². The molecule has 0 spiro atoms. The summed E-state index contributed by atoms with van der Waals surface area (Å²) < 4.78 is 7.94. The molecular weight excluding hydrogens is 489 g/mol. The van der Waals surface area contributed by atoms with E-state index in [0.717, 1.165) is 50.1 Å². The Hall–Kier alpha value is -3.44. The van der Waals surface area contributed by atoms with Crippen LogP contribution in [0.4, 0.5) is 0 Å². The van der Waals surface area contributed by atoms with Crippen LogP contribution in [0, 0.1) is 13.8 Å². The third kappa shape index (κ3) is 3.75. The van der Waals surface area contributed by atoms with Gasteiger partial charge in [-0.15, -0.1) is 0 Å². The van der Waals surface area contributed by atoms with E-state index in [1.54, 1.807) is 0 Å². The fourth-order valence-corrected chi connectivity index (χ4v) is 7.43. The number of hydrogen-bond acceptors (Lipinski definition) is 3. The van der Waals surface area contributed by atoms with Crippen molar-refractivity contribution >= 4 is 50.5 Å². The van der Waals surface area contributed by atoms with Crippen molar-refractivity contribution < 1.29 is 4.42 Å². The summed E-state index contributed by atoms with van der Waals surface area (Å²) in [5.41, 5.74) is 8.98. The standard InChI is InChI=1S/C31H28GeN2O/c1-19-16-27-23-12-9-13-24(31(23)35-30(27)20(2)33-19)29-18-25(21-10-7-6-8-11-21)26-17-22(32(3,4)5)14-15-28(26)34-29/h6-18H,1-5H3. The number of rotatable bonds is 3. The Labute approximate surface area is 208 Å². The first-order valence-electron chi connectivity index (χ1n) is 12.1. The molecule has 3 nitrogen and oxygen atoms in total. The Morgan fingerprint density at radius 1 is 0.657 bits per heavy atom. The Balaban J connectivity index is 1.67. The number of aryl methyl sites for hydroxylation is 2. The minimum atomic E-state index is -2.00. The first-order valence-corrected chi connectivity index (χ1v) is 19.4. The van der Waals surface area contributed by atoms with Gasteiger partial charge in [-0.05, 0) is 6.92 Å². The molecule has 0 bridgehead atoms. The van der Waals surface area contributed by atoms with Crippen molar-refractivity contribution in [3.8, 4) is 22.4 Å². The van der Waals surface area contributed by atoms with E-state index in [1.165, 1.54) is 20.9 Å². The Morgan fingerprint density at radius 3 is 2.23 bits per heavy atom. The number of fused-ring (bicyclic) bond motifs is 4. The quantitative estimate of drug-likeness (QED) is 0.223. The molecule has 0 saturated heterocycles. The zero-order valence-corrected chi connectivity index (χ0v) is 22.9. The van der Waals surface area contributed by atoms with Gasteiger partial charge in [0.25, 0.3) is 0 Å². The monoisotopic (exact) mass is 518 g/mol. The van der Waals surface area contributed by atoms with Crippen molar-refractivity contribution in [2.75, 3.05) is 0 Å². The molecule has 3 heterocycles. The predicted molar refractivity (Wildman–Crippen MR) is 150 cm³/mol. The Bertz CT molecular complexity index is 1740. The molecule has 0 saturated carbocycles. The van der Waals surface area contributed by atoms with Crippen molar-refractivity contribution in [1.29, 1.82) is 0 Å². The molecule has 0 amide bonds. The molecule has 4 heteroatoms. The summed E-state index contributed by atoms with van der Waals surface area (Å²) in [5.74, 6) is 7.31. The molecule has 0 N–H and O–H groups in total. The van der Waals surface area contributed by atoms with E-state index in [-0.39, 0.29) is 0 Å². The zero-order valence-electron chi connectivity index (χ0n) is 20.8. The van der Waals surface area contributed by atoms with Gasteiger partial charge in [-0.25, -0.2) is 0 Å². The number of aromatic nitrogens is 2. The number of hydrogen-bond donors (Lipinski definition) is 0. The van der Waals surface area contributed by atoms with Gasteiger partial charge in [0.2, 0.25) is 0 Å². The summed E-state index contributed by atoms with van der Waals surface area (Å²) in [7, 11) is 0. The average Bonchev–Trinajstić information content (AvgIpc) is 3.22. The van der Waals surface area contributed by atoms with Crippen LogP contribution in [-0.4, -0.2) is 23.2 Å². The van der Waals surface area contributed by atoms with Crippen molar-refractivity contribution in [3.63, 3.8) is 0 Å². The van der Waals surface area contributed by atoms with E-state index in [0.29, 0.717) is 0 Å². The average molecular weight is 517 g/mol. The van der Waals surface area contributed by atoms with Crippen LogP contribution in [-0.2, 0) is 0 Å². The SMILES string of the molecule is Cc1cc2c(oc3c(-c4cc(-c5ccccc5)c5c[c]([Ge]([CH3])([CH3])[CH3])ccc5n4)cccc32)c(C)n1. The van der Waals surface area contributed by atoms with E-state index >= 15 is 0 Å². The summed E-state index contributed by atoms with van der Waals surface area (Å²) in [6, 6.07) is 28.2. The molecule has 0 unspecified atom stereocenters. The number of nitrogens with zero attached hydrogens (tertiary/aromatic N) is 2. The minimum absolute atomic E-state index is 0.851. The molecule has 35 heavy (non-hydrogen) atoms. The summed E-state index contributed by atoms with van der Waals surface area (Å²) >= 11 is -2.00. The van der Waals surface area contributed by atoms with Crippen LogP contribution in [0.15, 0.2) is 83.3 Å². The van der Waals surface area contributed by atoms with E-state index in [9.17, 15) is 0 Å². The van der Waals surface area contributed by atoms with E-state index in [1.807, 2.05) is 13.8 Å². The van der Waals surface area contributed by atoms with Gasteiger partial charge in [0.1, 0.15) is 0 Å². The second-order valence-corrected chi connectivity index (χ2v) is 21.1. The van der Waals surface area contributed by atoms with E-state index in [4.69, 9.17) is 9.40 Å². The topological polar surface area (TPSA) is 38.9 Å². The molecule has 0 atom stereocenters. The van der Waals surface area contributed by atoms with Crippen molar-refractivity contribution in [2.24, 2.45) is 0 Å². The van der Waals surface area contributed by atoms with Gasteiger partial charge in [-0.2, -0.15) is 0 Å². The maximum absolute atomic E-state index is 6.45. The van der Waals surface area contributed by atoms with E-state index in [2.05, 4.69) is 101 Å². The Morgan fingerprint density at radius 2 is 1.46 bits per heavy atom. The molecule has 6 rings (SSSR count). The third-order valence-electron chi connectivity index (χ3n) is 6.82. The summed E-state index contributed by atoms with van der Waals surface area (Å²) in [6.07, 6.45) is 0. The normalized spacial score (nSPS) is 12.1. The van der Waals surface area contributed by atoms with Gasteiger partial charge in [0.15, 0.2) is 0 Å². The molecule has 0 aliphatic carbocycles. The fourth-order valence-electron chi connectivity index (χ4n) is 5.00. The van der Waals surface area contributed by atoms with Crippen LogP contribution in [0.5, 0.6) is 0 Å². The van der Waals surface area contributed by atoms with Crippen LogP contribution in [0.3, 0.4) is 0 Å². The van der Waals surface area contributed by atoms with E-state index < -0.39 is 13.3 Å². The summed E-state index contributed by atoms with van der Waals surface area (Å²) in [5, 5.41) is 3.42. The van der Waals surface area contributed by atoms with Gasteiger partial charge in [0, 0.05) is 0 Å². The third-order valence-corrected chi connectivity index (χ3v) is 11.1. The second kappa shape index (κ2) is 8.06. The molecule has 0 aliphatic heterocycles. The molecule has 0 fully saturated rings. The number of pyridine rings is 2.